The maximum absolute atomic E-state index is 13.8. The van der Waals surface area contributed by atoms with Crippen LogP contribution in [0, 0.1) is 11.3 Å². The summed E-state index contributed by atoms with van der Waals surface area (Å²) in [5.41, 5.74) is 0.791. The second-order valence-corrected chi connectivity index (χ2v) is 12.4. The van der Waals surface area contributed by atoms with Gasteiger partial charge in [0.05, 0.1) is 19.6 Å². The number of carbonyl (C=O) groups is 2. The van der Waals surface area contributed by atoms with Crippen LogP contribution in [0.3, 0.4) is 0 Å². The smallest absolute Gasteiger partial charge is 0.308 e. The normalized spacial score (nSPS) is 20.8. The molecule has 0 aromatic heterocycles. The van der Waals surface area contributed by atoms with E-state index in [4.69, 9.17) is 14.2 Å². The van der Waals surface area contributed by atoms with Gasteiger partial charge in [0.2, 0.25) is 18.4 Å². The fourth-order valence-electron chi connectivity index (χ4n) is 6.35. The topological polar surface area (TPSA) is 91.8 Å². The summed E-state index contributed by atoms with van der Waals surface area (Å²) in [5.74, 6) is -0.0594. The standard InChI is InChI=1S/C31H51N3O6/c1-8-10-14-33(15-11-13-32(5)6)27(35)20-34-19-23(22-16-25(38-7)29-26(17-22)39-21-40-29)28(30(36)37)24(34)18-31(3,4)12-9-2/h16-17,23-24,28H,8-15,18-21H2,1-7H3,(H,36,37). The number of carboxylic acids is 1. The Hall–Kier alpha value is -2.52. The highest BCUT2D eigenvalue weighted by Crippen LogP contribution is 2.48. The SMILES string of the molecule is CCCCN(CCCN(C)C)C(=O)CN1CC(c2cc(OC)c3c(c2)OCO3)C(C(=O)O)C1CC(C)(C)CCC. The Balaban J connectivity index is 1.93. The number of aliphatic carboxylic acids is 1. The lowest BCUT2D eigenvalue weighted by atomic mass is 9.76. The van der Waals surface area contributed by atoms with E-state index in [1.807, 2.05) is 31.1 Å². The fourth-order valence-corrected chi connectivity index (χ4v) is 6.35. The molecule has 1 amide bonds. The molecule has 9 heteroatoms. The molecule has 3 atom stereocenters. The second kappa shape index (κ2) is 14.4. The number of ether oxygens (including phenoxy) is 3. The van der Waals surface area contributed by atoms with E-state index >= 15 is 0 Å². The van der Waals surface area contributed by atoms with Crippen molar-refractivity contribution in [1.82, 2.24) is 14.7 Å². The molecule has 3 rings (SSSR count). The van der Waals surface area contributed by atoms with Gasteiger partial charge >= 0.3 is 5.97 Å². The molecule has 0 bridgehead atoms. The summed E-state index contributed by atoms with van der Waals surface area (Å²) in [6.07, 6.45) is 5.61. The van der Waals surface area contributed by atoms with Crippen LogP contribution in [0.1, 0.15) is 77.7 Å². The molecule has 2 heterocycles. The minimum absolute atomic E-state index is 0.0521. The lowest BCUT2D eigenvalue weighted by Crippen LogP contribution is -2.46. The van der Waals surface area contributed by atoms with Crippen LogP contribution >= 0.6 is 0 Å². The van der Waals surface area contributed by atoms with Gasteiger partial charge in [-0.2, -0.15) is 0 Å². The van der Waals surface area contributed by atoms with Crippen LogP contribution in [-0.4, -0.2) is 98.4 Å². The zero-order chi connectivity index (χ0) is 29.4. The molecule has 226 valence electrons. The van der Waals surface area contributed by atoms with E-state index in [1.54, 1.807) is 7.11 Å². The molecule has 0 saturated carbocycles. The number of benzene rings is 1. The number of nitrogens with zero attached hydrogens (tertiary/aromatic N) is 3. The highest BCUT2D eigenvalue weighted by molar-refractivity contribution is 5.79. The summed E-state index contributed by atoms with van der Waals surface area (Å²) in [6, 6.07) is 3.50. The molecule has 1 fully saturated rings. The first-order chi connectivity index (χ1) is 19.0. The molecule has 2 aliphatic heterocycles. The molecular weight excluding hydrogens is 510 g/mol. The summed E-state index contributed by atoms with van der Waals surface area (Å²) >= 11 is 0. The first-order valence-electron chi connectivity index (χ1n) is 14.9. The van der Waals surface area contributed by atoms with Gasteiger partial charge in [-0.3, -0.25) is 14.5 Å². The lowest BCUT2D eigenvalue weighted by molar-refractivity contribution is -0.144. The van der Waals surface area contributed by atoms with Crippen LogP contribution in [0.2, 0.25) is 0 Å². The van der Waals surface area contributed by atoms with Crippen molar-refractivity contribution in [2.24, 2.45) is 11.3 Å². The van der Waals surface area contributed by atoms with Crippen LogP contribution in [0.5, 0.6) is 17.2 Å². The fraction of sp³-hybridized carbons (Fsp3) is 0.742. The number of hydrogen-bond donors (Lipinski definition) is 1. The average Bonchev–Trinajstić information content (AvgIpc) is 3.49. The van der Waals surface area contributed by atoms with Gasteiger partial charge in [-0.1, -0.05) is 40.5 Å². The predicted octanol–water partition coefficient (Wildman–Crippen LogP) is 4.69. The molecule has 40 heavy (non-hydrogen) atoms. The number of rotatable bonds is 16. The van der Waals surface area contributed by atoms with Crippen LogP contribution < -0.4 is 14.2 Å². The third-order valence-corrected chi connectivity index (χ3v) is 8.34. The number of carbonyl (C=O) groups excluding carboxylic acids is 1. The van der Waals surface area contributed by atoms with Gasteiger partial charge in [-0.05, 0) is 69.4 Å². The van der Waals surface area contributed by atoms with Crippen molar-refractivity contribution in [2.75, 3.05) is 60.7 Å². The molecule has 9 nitrogen and oxygen atoms in total. The van der Waals surface area contributed by atoms with Crippen molar-refractivity contribution in [2.45, 2.75) is 78.2 Å². The maximum atomic E-state index is 13.8. The van der Waals surface area contributed by atoms with Gasteiger partial charge in [-0.25, -0.2) is 0 Å². The Kier molecular flexibility index (Phi) is 11.5. The van der Waals surface area contributed by atoms with Gasteiger partial charge in [0.1, 0.15) is 0 Å². The number of likely N-dealkylation sites (tertiary alicyclic amines) is 1. The van der Waals surface area contributed by atoms with Crippen LogP contribution in [0.15, 0.2) is 12.1 Å². The summed E-state index contributed by atoms with van der Waals surface area (Å²) in [4.78, 5) is 32.9. The predicted molar refractivity (Wildman–Crippen MR) is 156 cm³/mol. The van der Waals surface area contributed by atoms with Crippen molar-refractivity contribution in [3.8, 4) is 17.2 Å². The summed E-state index contributed by atoms with van der Waals surface area (Å²) in [6.45, 7) is 11.9. The second-order valence-electron chi connectivity index (χ2n) is 12.4. The first-order valence-corrected chi connectivity index (χ1v) is 14.9. The van der Waals surface area contributed by atoms with Crippen LogP contribution in [0.4, 0.5) is 0 Å². The van der Waals surface area contributed by atoms with Crippen molar-refractivity contribution >= 4 is 11.9 Å². The molecule has 0 aliphatic carbocycles. The Morgan fingerprint density at radius 1 is 1.10 bits per heavy atom. The number of unbranched alkanes of at least 4 members (excludes halogenated alkanes) is 1. The number of amides is 1. The number of methoxy groups -OCH3 is 1. The van der Waals surface area contributed by atoms with E-state index in [0.29, 0.717) is 36.8 Å². The zero-order valence-corrected chi connectivity index (χ0v) is 25.7. The quantitative estimate of drug-likeness (QED) is 0.311. The van der Waals surface area contributed by atoms with Crippen molar-refractivity contribution < 1.29 is 28.9 Å². The minimum atomic E-state index is -0.831. The number of carboxylic acid groups (broad SMARTS) is 1. The van der Waals surface area contributed by atoms with Crippen molar-refractivity contribution in [3.63, 3.8) is 0 Å². The largest absolute Gasteiger partial charge is 0.493 e. The lowest BCUT2D eigenvalue weighted by Gasteiger charge is -2.35. The molecule has 1 aromatic carbocycles. The van der Waals surface area contributed by atoms with Gasteiger partial charge in [-0.15, -0.1) is 0 Å². The third-order valence-electron chi connectivity index (χ3n) is 8.34. The molecule has 1 aromatic rings. The van der Waals surface area contributed by atoms with Gasteiger partial charge in [0.25, 0.3) is 0 Å². The maximum Gasteiger partial charge on any atom is 0.308 e. The van der Waals surface area contributed by atoms with E-state index in [0.717, 1.165) is 50.8 Å². The number of hydrogen-bond acceptors (Lipinski definition) is 7. The van der Waals surface area contributed by atoms with Crippen LogP contribution in [-0.2, 0) is 9.59 Å². The zero-order valence-electron chi connectivity index (χ0n) is 25.7. The summed E-state index contributed by atoms with van der Waals surface area (Å²) in [7, 11) is 5.66. The Morgan fingerprint density at radius 2 is 1.82 bits per heavy atom. The van der Waals surface area contributed by atoms with Crippen molar-refractivity contribution in [3.05, 3.63) is 17.7 Å². The molecule has 1 N–H and O–H groups in total. The molecular formula is C31H51N3O6. The van der Waals surface area contributed by atoms with Gasteiger partial charge < -0.3 is 29.1 Å². The Morgan fingerprint density at radius 3 is 2.45 bits per heavy atom. The van der Waals surface area contributed by atoms with Crippen molar-refractivity contribution in [1.29, 1.82) is 0 Å². The Bertz CT molecular complexity index is 998. The van der Waals surface area contributed by atoms with Gasteiger partial charge in [0, 0.05) is 31.6 Å². The summed E-state index contributed by atoms with van der Waals surface area (Å²) in [5, 5.41) is 10.6. The average molecular weight is 562 g/mol. The minimum Gasteiger partial charge on any atom is -0.493 e. The van der Waals surface area contributed by atoms with E-state index in [1.165, 1.54) is 0 Å². The molecule has 0 spiro atoms. The summed E-state index contributed by atoms with van der Waals surface area (Å²) < 4.78 is 16.8. The van der Waals surface area contributed by atoms with E-state index in [2.05, 4.69) is 37.5 Å². The first kappa shape index (κ1) is 32.0. The number of fused-ring (bicyclic) bond motifs is 1. The molecule has 3 unspecified atom stereocenters. The monoisotopic (exact) mass is 561 g/mol. The molecule has 1 saturated heterocycles. The van der Waals surface area contributed by atoms with E-state index < -0.39 is 11.9 Å². The molecule has 0 radical (unpaired) electrons. The van der Waals surface area contributed by atoms with Crippen LogP contribution in [0.25, 0.3) is 0 Å². The Labute approximate surface area is 240 Å². The highest BCUT2D eigenvalue weighted by Gasteiger charge is 2.49. The van der Waals surface area contributed by atoms with E-state index in [-0.39, 0.29) is 36.6 Å². The van der Waals surface area contributed by atoms with E-state index in [9.17, 15) is 14.7 Å². The molecule has 2 aliphatic rings. The highest BCUT2D eigenvalue weighted by atomic mass is 16.7. The third kappa shape index (κ3) is 8.03. The van der Waals surface area contributed by atoms with Gasteiger partial charge in [0.15, 0.2) is 11.5 Å².